The zero-order chi connectivity index (χ0) is 16.4. The summed E-state index contributed by atoms with van der Waals surface area (Å²) in [7, 11) is 0. The highest BCUT2D eigenvalue weighted by atomic mass is 15.0. The lowest BCUT2D eigenvalue weighted by atomic mass is 10.0. The molecule has 2 heteroatoms. The van der Waals surface area contributed by atoms with Crippen molar-refractivity contribution < 1.29 is 0 Å². The molecular formula is C22H20N2. The average molecular weight is 312 g/mol. The number of benzene rings is 3. The summed E-state index contributed by atoms with van der Waals surface area (Å²) in [6, 6.07) is 29.7. The molecule has 0 amide bonds. The number of aromatic nitrogens is 1. The van der Waals surface area contributed by atoms with E-state index in [1.165, 1.54) is 33.4 Å². The molecule has 0 aliphatic rings. The van der Waals surface area contributed by atoms with Crippen molar-refractivity contribution in [3.05, 3.63) is 90.5 Å². The summed E-state index contributed by atoms with van der Waals surface area (Å²) >= 11 is 0. The van der Waals surface area contributed by atoms with Crippen LogP contribution in [0.25, 0.3) is 27.8 Å². The van der Waals surface area contributed by atoms with Crippen molar-refractivity contribution >= 4 is 10.9 Å². The van der Waals surface area contributed by atoms with Gasteiger partial charge in [0.1, 0.15) is 0 Å². The Morgan fingerprint density at radius 2 is 1.33 bits per heavy atom. The second-order valence-corrected chi connectivity index (χ2v) is 5.92. The second kappa shape index (κ2) is 6.34. The van der Waals surface area contributed by atoms with E-state index in [2.05, 4.69) is 89.5 Å². The Labute approximate surface area is 142 Å². The molecule has 118 valence electrons. The number of nitrogens with two attached hydrogens (primary N) is 1. The zero-order valence-electron chi connectivity index (χ0n) is 13.5. The largest absolute Gasteiger partial charge is 0.330 e. The molecule has 0 saturated carbocycles. The van der Waals surface area contributed by atoms with Gasteiger partial charge >= 0.3 is 0 Å². The third-order valence-corrected chi connectivity index (χ3v) is 4.44. The summed E-state index contributed by atoms with van der Waals surface area (Å²) in [6.07, 6.45) is 0.866. The van der Waals surface area contributed by atoms with Gasteiger partial charge < -0.3 is 10.3 Å². The molecule has 2 N–H and O–H groups in total. The van der Waals surface area contributed by atoms with E-state index < -0.39 is 0 Å². The Balaban J connectivity index is 2.13. The van der Waals surface area contributed by atoms with Crippen LogP contribution in [0.2, 0.25) is 0 Å². The summed E-state index contributed by atoms with van der Waals surface area (Å²) in [5.74, 6) is 0. The fourth-order valence-electron chi connectivity index (χ4n) is 3.45. The predicted octanol–water partition coefficient (Wildman–Crippen LogP) is 4.80. The number of rotatable bonds is 4. The first-order chi connectivity index (χ1) is 11.9. The van der Waals surface area contributed by atoms with Crippen LogP contribution < -0.4 is 5.73 Å². The van der Waals surface area contributed by atoms with Gasteiger partial charge in [-0.1, -0.05) is 66.7 Å². The van der Waals surface area contributed by atoms with Gasteiger partial charge in [-0.05, 0) is 42.3 Å². The van der Waals surface area contributed by atoms with E-state index in [-0.39, 0.29) is 0 Å². The Hall–Kier alpha value is -2.84. The van der Waals surface area contributed by atoms with Crippen molar-refractivity contribution in [3.8, 4) is 16.9 Å². The number of nitrogens with zero attached hydrogens (tertiary/aromatic N) is 1. The molecule has 4 aromatic rings. The van der Waals surface area contributed by atoms with Crippen molar-refractivity contribution in [1.82, 2.24) is 4.57 Å². The van der Waals surface area contributed by atoms with E-state index >= 15 is 0 Å². The number of hydrogen-bond donors (Lipinski definition) is 1. The van der Waals surface area contributed by atoms with E-state index in [0.29, 0.717) is 6.54 Å². The van der Waals surface area contributed by atoms with Crippen LogP contribution in [-0.2, 0) is 6.42 Å². The molecule has 2 nitrogen and oxygen atoms in total. The molecule has 0 saturated heterocycles. The Kier molecular flexibility index (Phi) is 3.89. The third kappa shape index (κ3) is 2.41. The minimum atomic E-state index is 0.641. The van der Waals surface area contributed by atoms with Crippen LogP contribution in [0.3, 0.4) is 0 Å². The van der Waals surface area contributed by atoms with Crippen molar-refractivity contribution in [2.75, 3.05) is 6.54 Å². The SMILES string of the molecule is NCCc1c(-c2ccccc2)n(-c2ccccc2)c2ccccc12. The normalized spacial score (nSPS) is 11.0. The lowest BCUT2D eigenvalue weighted by molar-refractivity contribution is 0.970. The minimum absolute atomic E-state index is 0.641. The maximum Gasteiger partial charge on any atom is 0.0573 e. The topological polar surface area (TPSA) is 30.9 Å². The summed E-state index contributed by atoms with van der Waals surface area (Å²) in [4.78, 5) is 0. The second-order valence-electron chi connectivity index (χ2n) is 5.92. The molecule has 1 aromatic heterocycles. The predicted molar refractivity (Wildman–Crippen MR) is 101 cm³/mol. The van der Waals surface area contributed by atoms with Crippen molar-refractivity contribution in [3.63, 3.8) is 0 Å². The number of fused-ring (bicyclic) bond motifs is 1. The van der Waals surface area contributed by atoms with Crippen LogP contribution >= 0.6 is 0 Å². The molecule has 0 bridgehead atoms. The van der Waals surface area contributed by atoms with E-state index in [9.17, 15) is 0 Å². The van der Waals surface area contributed by atoms with Crippen LogP contribution in [0.4, 0.5) is 0 Å². The Morgan fingerprint density at radius 1 is 0.708 bits per heavy atom. The van der Waals surface area contributed by atoms with Crippen LogP contribution in [0.5, 0.6) is 0 Å². The van der Waals surface area contributed by atoms with Crippen LogP contribution in [0.15, 0.2) is 84.9 Å². The van der Waals surface area contributed by atoms with Gasteiger partial charge in [-0.2, -0.15) is 0 Å². The first-order valence-electron chi connectivity index (χ1n) is 8.33. The Morgan fingerprint density at radius 3 is 2.04 bits per heavy atom. The van der Waals surface area contributed by atoms with Gasteiger partial charge in [-0.3, -0.25) is 0 Å². The van der Waals surface area contributed by atoms with Gasteiger partial charge in [0.15, 0.2) is 0 Å². The van der Waals surface area contributed by atoms with E-state index in [1.807, 2.05) is 0 Å². The number of hydrogen-bond acceptors (Lipinski definition) is 1. The molecule has 0 spiro atoms. The summed E-state index contributed by atoms with van der Waals surface area (Å²) in [6.45, 7) is 0.641. The van der Waals surface area contributed by atoms with Crippen LogP contribution in [0.1, 0.15) is 5.56 Å². The highest BCUT2D eigenvalue weighted by Gasteiger charge is 2.18. The van der Waals surface area contributed by atoms with Gasteiger partial charge in [-0.25, -0.2) is 0 Å². The summed E-state index contributed by atoms with van der Waals surface area (Å²) < 4.78 is 2.36. The fraction of sp³-hybridized carbons (Fsp3) is 0.0909. The summed E-state index contributed by atoms with van der Waals surface area (Å²) in [5.41, 5.74) is 12.1. The molecule has 4 rings (SSSR count). The first kappa shape index (κ1) is 14.7. The van der Waals surface area contributed by atoms with Crippen molar-refractivity contribution in [2.24, 2.45) is 5.73 Å². The van der Waals surface area contributed by atoms with Gasteiger partial charge in [0.25, 0.3) is 0 Å². The average Bonchev–Trinajstić information content (AvgIpc) is 2.98. The smallest absolute Gasteiger partial charge is 0.0573 e. The lowest BCUT2D eigenvalue weighted by Crippen LogP contribution is -2.04. The monoisotopic (exact) mass is 312 g/mol. The standard InChI is InChI=1S/C22H20N2/c23-16-15-20-19-13-7-8-14-21(19)24(18-11-5-2-6-12-18)22(20)17-9-3-1-4-10-17/h1-14H,15-16,23H2. The Bertz CT molecular complexity index is 953. The molecule has 0 atom stereocenters. The van der Waals surface area contributed by atoms with Gasteiger partial charge in [0.05, 0.1) is 11.2 Å². The third-order valence-electron chi connectivity index (χ3n) is 4.44. The van der Waals surface area contributed by atoms with E-state index in [1.54, 1.807) is 0 Å². The summed E-state index contributed by atoms with van der Waals surface area (Å²) in [5, 5.41) is 1.28. The van der Waals surface area contributed by atoms with E-state index in [4.69, 9.17) is 5.73 Å². The molecular weight excluding hydrogens is 292 g/mol. The fourth-order valence-corrected chi connectivity index (χ4v) is 3.45. The molecule has 0 aliphatic heterocycles. The number of para-hydroxylation sites is 2. The lowest BCUT2D eigenvalue weighted by Gasteiger charge is -2.13. The maximum absolute atomic E-state index is 5.94. The van der Waals surface area contributed by atoms with Crippen molar-refractivity contribution in [1.29, 1.82) is 0 Å². The molecule has 0 aliphatic carbocycles. The zero-order valence-corrected chi connectivity index (χ0v) is 13.5. The van der Waals surface area contributed by atoms with Crippen LogP contribution in [-0.4, -0.2) is 11.1 Å². The first-order valence-corrected chi connectivity index (χ1v) is 8.33. The molecule has 0 radical (unpaired) electrons. The van der Waals surface area contributed by atoms with Gasteiger partial charge in [-0.15, -0.1) is 0 Å². The van der Waals surface area contributed by atoms with Gasteiger partial charge in [0.2, 0.25) is 0 Å². The van der Waals surface area contributed by atoms with Crippen molar-refractivity contribution in [2.45, 2.75) is 6.42 Å². The van der Waals surface area contributed by atoms with Crippen LogP contribution in [0, 0.1) is 0 Å². The van der Waals surface area contributed by atoms with Gasteiger partial charge in [0, 0.05) is 11.1 Å². The highest BCUT2D eigenvalue weighted by Crippen LogP contribution is 2.36. The highest BCUT2D eigenvalue weighted by molar-refractivity contribution is 5.93. The quantitative estimate of drug-likeness (QED) is 0.576. The maximum atomic E-state index is 5.94. The molecule has 3 aromatic carbocycles. The molecule has 24 heavy (non-hydrogen) atoms. The molecule has 1 heterocycles. The van der Waals surface area contributed by atoms with E-state index in [0.717, 1.165) is 6.42 Å². The molecule has 0 fully saturated rings. The minimum Gasteiger partial charge on any atom is -0.330 e. The molecule has 0 unspecified atom stereocenters.